The summed E-state index contributed by atoms with van der Waals surface area (Å²) in [6.07, 6.45) is 5.61. The van der Waals surface area contributed by atoms with E-state index in [9.17, 15) is 0 Å². The van der Waals surface area contributed by atoms with Crippen molar-refractivity contribution in [2.75, 3.05) is 6.61 Å². The van der Waals surface area contributed by atoms with Crippen LogP contribution in [0.2, 0.25) is 0 Å². The minimum Gasteiger partial charge on any atom is -0.491 e. The third-order valence-electron chi connectivity index (χ3n) is 3.49. The molecule has 0 saturated carbocycles. The zero-order valence-electron chi connectivity index (χ0n) is 12.2. The second-order valence-corrected chi connectivity index (χ2v) is 5.00. The highest BCUT2D eigenvalue weighted by Crippen LogP contribution is 2.20. The van der Waals surface area contributed by atoms with Crippen LogP contribution in [0.5, 0.6) is 5.75 Å². The predicted molar refractivity (Wildman–Crippen MR) is 80.9 cm³/mol. The zero-order valence-corrected chi connectivity index (χ0v) is 12.2. The number of aromatic nitrogens is 2. The molecule has 1 aromatic carbocycles. The van der Waals surface area contributed by atoms with Gasteiger partial charge in [0.05, 0.1) is 6.54 Å². The summed E-state index contributed by atoms with van der Waals surface area (Å²) in [6, 6.07) is 8.32. The average Bonchev–Trinajstić information content (AvgIpc) is 2.86. The van der Waals surface area contributed by atoms with Crippen molar-refractivity contribution in [3.05, 3.63) is 48.0 Å². The molecule has 0 radical (unpaired) electrons. The summed E-state index contributed by atoms with van der Waals surface area (Å²) in [6.45, 7) is 5.54. The van der Waals surface area contributed by atoms with Crippen LogP contribution in [0, 0.1) is 6.92 Å². The van der Waals surface area contributed by atoms with E-state index in [1.54, 1.807) is 0 Å². The predicted octanol–water partition coefficient (Wildman–Crippen LogP) is 2.55. The fraction of sp³-hybridized carbons (Fsp3) is 0.438. The summed E-state index contributed by atoms with van der Waals surface area (Å²) < 4.78 is 7.99. The molecule has 0 fully saturated rings. The van der Waals surface area contributed by atoms with Crippen LogP contribution in [-0.2, 0) is 13.0 Å². The highest BCUT2D eigenvalue weighted by molar-refractivity contribution is 5.33. The number of imidazole rings is 1. The number of rotatable bonds is 7. The first-order chi connectivity index (χ1) is 9.70. The molecule has 0 aliphatic rings. The Labute approximate surface area is 120 Å². The van der Waals surface area contributed by atoms with Gasteiger partial charge in [0.2, 0.25) is 0 Å². The fourth-order valence-corrected chi connectivity index (χ4v) is 2.13. The lowest BCUT2D eigenvalue weighted by Crippen LogP contribution is -2.22. The molecule has 1 aromatic heterocycles. The Hall–Kier alpha value is -1.81. The van der Waals surface area contributed by atoms with Gasteiger partial charge in [-0.1, -0.05) is 25.1 Å². The van der Waals surface area contributed by atoms with Crippen molar-refractivity contribution < 1.29 is 4.74 Å². The van der Waals surface area contributed by atoms with Gasteiger partial charge < -0.3 is 15.0 Å². The summed E-state index contributed by atoms with van der Waals surface area (Å²) in [7, 11) is 0. The maximum absolute atomic E-state index is 6.03. The third-order valence-corrected chi connectivity index (χ3v) is 3.49. The molecule has 0 saturated heterocycles. The number of nitrogens with two attached hydrogens (primary N) is 1. The normalized spacial score (nSPS) is 12.3. The molecule has 0 aliphatic carbocycles. The molecular weight excluding hydrogens is 250 g/mol. The Kier molecular flexibility index (Phi) is 5.18. The highest BCUT2D eigenvalue weighted by atomic mass is 16.5. The van der Waals surface area contributed by atoms with Gasteiger partial charge in [-0.2, -0.15) is 0 Å². The molecule has 1 heterocycles. The number of para-hydroxylation sites is 1. The lowest BCUT2D eigenvalue weighted by molar-refractivity contribution is 0.293. The van der Waals surface area contributed by atoms with Crippen molar-refractivity contribution in [2.45, 2.75) is 39.3 Å². The molecular formula is C16H23N3O. The molecule has 2 rings (SSSR count). The minimum atomic E-state index is 0.190. The van der Waals surface area contributed by atoms with E-state index in [0.29, 0.717) is 6.61 Å². The van der Waals surface area contributed by atoms with Gasteiger partial charge in [0.25, 0.3) is 0 Å². The van der Waals surface area contributed by atoms with E-state index in [2.05, 4.69) is 22.5 Å². The third kappa shape index (κ3) is 3.84. The van der Waals surface area contributed by atoms with E-state index >= 15 is 0 Å². The summed E-state index contributed by atoms with van der Waals surface area (Å²) in [5, 5.41) is 0. The van der Waals surface area contributed by atoms with Crippen molar-refractivity contribution in [3.8, 4) is 5.75 Å². The maximum atomic E-state index is 6.03. The van der Waals surface area contributed by atoms with E-state index in [0.717, 1.165) is 31.0 Å². The molecule has 20 heavy (non-hydrogen) atoms. The zero-order chi connectivity index (χ0) is 14.4. The Balaban J connectivity index is 1.93. The average molecular weight is 273 g/mol. The van der Waals surface area contributed by atoms with Crippen molar-refractivity contribution >= 4 is 0 Å². The van der Waals surface area contributed by atoms with Gasteiger partial charge >= 0.3 is 0 Å². The first kappa shape index (κ1) is 14.6. The Morgan fingerprint density at radius 2 is 2.15 bits per heavy atom. The van der Waals surface area contributed by atoms with Crippen molar-refractivity contribution in [1.29, 1.82) is 0 Å². The number of aryl methyl sites for hydroxylation is 1. The standard InChI is InChI=1S/C16H23N3O/c1-3-15(17)12-14-6-4-5-7-16(14)20-11-10-19-9-8-18-13(19)2/h4-9,15H,3,10-12,17H2,1-2H3. The molecule has 0 amide bonds. The number of ether oxygens (including phenoxy) is 1. The summed E-state index contributed by atoms with van der Waals surface area (Å²) in [5.41, 5.74) is 7.22. The summed E-state index contributed by atoms with van der Waals surface area (Å²) >= 11 is 0. The Morgan fingerprint density at radius 3 is 2.85 bits per heavy atom. The second kappa shape index (κ2) is 7.10. The van der Waals surface area contributed by atoms with Crippen LogP contribution in [0.3, 0.4) is 0 Å². The van der Waals surface area contributed by atoms with Crippen LogP contribution >= 0.6 is 0 Å². The van der Waals surface area contributed by atoms with Crippen molar-refractivity contribution in [1.82, 2.24) is 9.55 Å². The van der Waals surface area contributed by atoms with E-state index in [4.69, 9.17) is 10.5 Å². The summed E-state index contributed by atoms with van der Waals surface area (Å²) in [4.78, 5) is 4.20. The topological polar surface area (TPSA) is 53.1 Å². The smallest absolute Gasteiger partial charge is 0.122 e. The molecule has 108 valence electrons. The van der Waals surface area contributed by atoms with Gasteiger partial charge in [0.15, 0.2) is 0 Å². The van der Waals surface area contributed by atoms with Gasteiger partial charge in [-0.3, -0.25) is 0 Å². The number of hydrogen-bond acceptors (Lipinski definition) is 3. The number of nitrogens with zero attached hydrogens (tertiary/aromatic N) is 2. The highest BCUT2D eigenvalue weighted by Gasteiger charge is 2.07. The number of benzene rings is 1. The van der Waals surface area contributed by atoms with Crippen LogP contribution < -0.4 is 10.5 Å². The monoisotopic (exact) mass is 273 g/mol. The van der Waals surface area contributed by atoms with Crippen LogP contribution in [-0.4, -0.2) is 22.2 Å². The SMILES string of the molecule is CCC(N)Cc1ccccc1OCCn1ccnc1C. The molecule has 4 nitrogen and oxygen atoms in total. The largest absolute Gasteiger partial charge is 0.491 e. The van der Waals surface area contributed by atoms with E-state index in [-0.39, 0.29) is 6.04 Å². The van der Waals surface area contributed by atoms with Crippen LogP contribution in [0.1, 0.15) is 24.7 Å². The maximum Gasteiger partial charge on any atom is 0.122 e. The Morgan fingerprint density at radius 1 is 1.35 bits per heavy atom. The molecule has 0 spiro atoms. The molecule has 1 atom stereocenters. The second-order valence-electron chi connectivity index (χ2n) is 5.00. The minimum absolute atomic E-state index is 0.190. The molecule has 2 aromatic rings. The van der Waals surface area contributed by atoms with Gasteiger partial charge in [-0.25, -0.2) is 4.98 Å². The quantitative estimate of drug-likeness (QED) is 0.843. The van der Waals surface area contributed by atoms with Crippen molar-refractivity contribution in [3.63, 3.8) is 0 Å². The van der Waals surface area contributed by atoms with Crippen LogP contribution in [0.25, 0.3) is 0 Å². The Bertz CT molecular complexity index is 536. The van der Waals surface area contributed by atoms with Gasteiger partial charge in [0, 0.05) is 18.4 Å². The van der Waals surface area contributed by atoms with E-state index < -0.39 is 0 Å². The summed E-state index contributed by atoms with van der Waals surface area (Å²) in [5.74, 6) is 1.95. The first-order valence-corrected chi connectivity index (χ1v) is 7.14. The van der Waals surface area contributed by atoms with Crippen LogP contribution in [0.15, 0.2) is 36.7 Å². The van der Waals surface area contributed by atoms with E-state index in [1.165, 1.54) is 5.56 Å². The first-order valence-electron chi connectivity index (χ1n) is 7.14. The van der Waals surface area contributed by atoms with Crippen molar-refractivity contribution in [2.24, 2.45) is 5.73 Å². The van der Waals surface area contributed by atoms with E-state index in [1.807, 2.05) is 37.5 Å². The molecule has 2 N–H and O–H groups in total. The molecule has 1 unspecified atom stereocenters. The van der Waals surface area contributed by atoms with Crippen LogP contribution in [0.4, 0.5) is 0 Å². The molecule has 0 aliphatic heterocycles. The number of hydrogen-bond donors (Lipinski definition) is 1. The van der Waals surface area contributed by atoms with Gasteiger partial charge in [-0.05, 0) is 31.4 Å². The van der Waals surface area contributed by atoms with Gasteiger partial charge in [-0.15, -0.1) is 0 Å². The lowest BCUT2D eigenvalue weighted by atomic mass is 10.0. The van der Waals surface area contributed by atoms with Gasteiger partial charge in [0.1, 0.15) is 18.2 Å². The lowest BCUT2D eigenvalue weighted by Gasteiger charge is -2.14. The molecule has 4 heteroatoms. The molecule has 0 bridgehead atoms. The fourth-order valence-electron chi connectivity index (χ4n) is 2.13.